The first-order valence-corrected chi connectivity index (χ1v) is 12.1. The molecule has 174 valence electrons. The number of nitrogens with zero attached hydrogens (tertiary/aromatic N) is 2. The Hall–Kier alpha value is -3.44. The van der Waals surface area contributed by atoms with E-state index in [1.165, 1.54) is 5.56 Å². The van der Waals surface area contributed by atoms with Gasteiger partial charge < -0.3 is 10.2 Å². The van der Waals surface area contributed by atoms with Crippen LogP contribution in [0.15, 0.2) is 78.9 Å². The van der Waals surface area contributed by atoms with E-state index in [0.29, 0.717) is 25.1 Å². The minimum absolute atomic E-state index is 0.0461. The molecular weight excluding hydrogens is 422 g/mol. The van der Waals surface area contributed by atoms with Gasteiger partial charge in [0.05, 0.1) is 6.42 Å². The largest absolute Gasteiger partial charge is 0.354 e. The average molecular weight is 454 g/mol. The molecule has 1 fully saturated rings. The Balaban J connectivity index is 1.29. The number of hydrogen-bond acceptors (Lipinski definition) is 3. The Morgan fingerprint density at radius 3 is 2.44 bits per heavy atom. The zero-order chi connectivity index (χ0) is 23.5. The summed E-state index contributed by atoms with van der Waals surface area (Å²) in [7, 11) is 0. The minimum Gasteiger partial charge on any atom is -0.354 e. The van der Waals surface area contributed by atoms with Gasteiger partial charge in [0.2, 0.25) is 5.91 Å². The number of hydrogen-bond donors (Lipinski definition) is 1. The van der Waals surface area contributed by atoms with Gasteiger partial charge in [-0.05, 0) is 49.1 Å². The van der Waals surface area contributed by atoms with Crippen molar-refractivity contribution >= 4 is 17.5 Å². The molecule has 0 aliphatic carbocycles. The smallest absolute Gasteiger partial charge is 0.258 e. The number of fused-ring (bicyclic) bond motifs is 2. The van der Waals surface area contributed by atoms with Gasteiger partial charge in [-0.2, -0.15) is 0 Å². The fraction of sp³-hybridized carbons (Fsp3) is 0.310. The van der Waals surface area contributed by atoms with E-state index >= 15 is 0 Å². The van der Waals surface area contributed by atoms with Gasteiger partial charge in [0, 0.05) is 43.0 Å². The molecule has 0 bridgehead atoms. The Morgan fingerprint density at radius 1 is 0.912 bits per heavy atom. The fourth-order valence-electron chi connectivity index (χ4n) is 5.22. The Labute approximate surface area is 201 Å². The van der Waals surface area contributed by atoms with E-state index in [1.807, 2.05) is 78.6 Å². The van der Waals surface area contributed by atoms with Crippen molar-refractivity contribution in [2.45, 2.75) is 44.8 Å². The van der Waals surface area contributed by atoms with Gasteiger partial charge in [0.25, 0.3) is 5.91 Å². The molecule has 2 atom stereocenters. The van der Waals surface area contributed by atoms with Gasteiger partial charge in [-0.25, -0.2) is 0 Å². The summed E-state index contributed by atoms with van der Waals surface area (Å²) in [6.07, 6.45) is 2.44. The SMILES string of the molecule is Cc1ccc(CC(=O)NC[C@H]2CC[C@H]3CN(C(=O)c4ccccc4)c4ccccc4CN23)cc1. The summed E-state index contributed by atoms with van der Waals surface area (Å²) in [5, 5.41) is 3.16. The van der Waals surface area contributed by atoms with Crippen LogP contribution in [0.2, 0.25) is 0 Å². The van der Waals surface area contributed by atoms with E-state index in [2.05, 4.69) is 22.3 Å². The zero-order valence-corrected chi connectivity index (χ0v) is 19.6. The van der Waals surface area contributed by atoms with Gasteiger partial charge in [0.1, 0.15) is 0 Å². The van der Waals surface area contributed by atoms with Crippen molar-refractivity contribution in [1.82, 2.24) is 10.2 Å². The predicted octanol–water partition coefficient (Wildman–Crippen LogP) is 4.35. The van der Waals surface area contributed by atoms with Crippen LogP contribution in [0, 0.1) is 6.92 Å². The molecule has 0 spiro atoms. The number of rotatable bonds is 5. The highest BCUT2D eigenvalue weighted by Crippen LogP contribution is 2.35. The van der Waals surface area contributed by atoms with Crippen LogP contribution >= 0.6 is 0 Å². The molecule has 3 aromatic carbocycles. The molecule has 0 radical (unpaired) electrons. The molecule has 5 heteroatoms. The van der Waals surface area contributed by atoms with Crippen molar-refractivity contribution in [2.75, 3.05) is 18.0 Å². The first-order valence-electron chi connectivity index (χ1n) is 12.1. The van der Waals surface area contributed by atoms with E-state index in [-0.39, 0.29) is 23.9 Å². The standard InChI is InChI=1S/C29H31N3O2/c1-21-11-13-22(14-12-21)17-28(33)30-18-25-15-16-26-20-32(29(34)23-7-3-2-4-8-23)27-10-6-5-9-24(27)19-31(25)26/h2-14,25-26H,15-20H2,1H3,(H,30,33)/t25-,26+/m1/s1. The highest BCUT2D eigenvalue weighted by Gasteiger charge is 2.38. The first-order chi connectivity index (χ1) is 16.6. The van der Waals surface area contributed by atoms with Crippen molar-refractivity contribution in [2.24, 2.45) is 0 Å². The summed E-state index contributed by atoms with van der Waals surface area (Å²) in [5.41, 5.74) is 5.09. The highest BCUT2D eigenvalue weighted by molar-refractivity contribution is 6.06. The monoisotopic (exact) mass is 453 g/mol. The summed E-state index contributed by atoms with van der Waals surface area (Å²) in [6, 6.07) is 26.4. The van der Waals surface area contributed by atoms with Crippen LogP contribution in [0.3, 0.4) is 0 Å². The number of anilines is 1. The second-order valence-electron chi connectivity index (χ2n) is 9.43. The van der Waals surface area contributed by atoms with Crippen molar-refractivity contribution in [1.29, 1.82) is 0 Å². The third kappa shape index (κ3) is 4.75. The summed E-state index contributed by atoms with van der Waals surface area (Å²) in [4.78, 5) is 30.5. The quantitative estimate of drug-likeness (QED) is 0.625. The molecular formula is C29H31N3O2. The lowest BCUT2D eigenvalue weighted by molar-refractivity contribution is -0.120. The number of nitrogens with one attached hydrogen (secondary N) is 1. The van der Waals surface area contributed by atoms with Crippen LogP contribution in [0.5, 0.6) is 0 Å². The maximum atomic E-state index is 13.4. The Bertz CT molecular complexity index is 1160. The van der Waals surface area contributed by atoms with Crippen molar-refractivity contribution in [3.8, 4) is 0 Å². The molecule has 2 aliphatic rings. The highest BCUT2D eigenvalue weighted by atomic mass is 16.2. The first kappa shape index (κ1) is 22.4. The summed E-state index contributed by atoms with van der Waals surface area (Å²) in [5.74, 6) is 0.105. The molecule has 2 aliphatic heterocycles. The van der Waals surface area contributed by atoms with E-state index in [0.717, 1.165) is 36.2 Å². The van der Waals surface area contributed by atoms with Crippen LogP contribution in [0.1, 0.15) is 39.9 Å². The number of amides is 2. The fourth-order valence-corrected chi connectivity index (χ4v) is 5.22. The Morgan fingerprint density at radius 2 is 1.65 bits per heavy atom. The normalized spacial score (nSPS) is 19.7. The molecule has 0 aromatic heterocycles. The molecule has 1 N–H and O–H groups in total. The molecule has 2 heterocycles. The number of aryl methyl sites for hydroxylation is 1. The molecule has 1 saturated heterocycles. The van der Waals surface area contributed by atoms with Crippen molar-refractivity contribution in [3.63, 3.8) is 0 Å². The maximum Gasteiger partial charge on any atom is 0.258 e. The lowest BCUT2D eigenvalue weighted by Crippen LogP contribution is -2.46. The van der Waals surface area contributed by atoms with Crippen LogP contribution in [0.4, 0.5) is 5.69 Å². The molecule has 3 aromatic rings. The van der Waals surface area contributed by atoms with E-state index in [9.17, 15) is 9.59 Å². The molecule has 34 heavy (non-hydrogen) atoms. The van der Waals surface area contributed by atoms with Crippen LogP contribution in [0.25, 0.3) is 0 Å². The van der Waals surface area contributed by atoms with Crippen LogP contribution < -0.4 is 10.2 Å². The van der Waals surface area contributed by atoms with Gasteiger partial charge in [-0.3, -0.25) is 14.5 Å². The third-order valence-corrected chi connectivity index (χ3v) is 7.09. The predicted molar refractivity (Wildman–Crippen MR) is 135 cm³/mol. The van der Waals surface area contributed by atoms with E-state index in [4.69, 9.17) is 0 Å². The van der Waals surface area contributed by atoms with Gasteiger partial charge >= 0.3 is 0 Å². The number of carbonyl (C=O) groups is 2. The molecule has 0 saturated carbocycles. The second kappa shape index (κ2) is 9.82. The molecule has 5 rings (SSSR count). The van der Waals surface area contributed by atoms with E-state index in [1.54, 1.807) is 0 Å². The number of benzene rings is 3. The van der Waals surface area contributed by atoms with Crippen LogP contribution in [-0.4, -0.2) is 41.9 Å². The maximum absolute atomic E-state index is 13.4. The summed E-state index contributed by atoms with van der Waals surface area (Å²) < 4.78 is 0. The second-order valence-corrected chi connectivity index (χ2v) is 9.43. The lowest BCUT2D eigenvalue weighted by Gasteiger charge is -2.29. The third-order valence-electron chi connectivity index (χ3n) is 7.09. The molecule has 0 unspecified atom stereocenters. The van der Waals surface area contributed by atoms with Crippen molar-refractivity contribution in [3.05, 3.63) is 101 Å². The van der Waals surface area contributed by atoms with Gasteiger partial charge in [0.15, 0.2) is 0 Å². The Kier molecular flexibility index (Phi) is 6.45. The van der Waals surface area contributed by atoms with Gasteiger partial charge in [-0.1, -0.05) is 66.2 Å². The topological polar surface area (TPSA) is 52.7 Å². The summed E-state index contributed by atoms with van der Waals surface area (Å²) in [6.45, 7) is 4.14. The van der Waals surface area contributed by atoms with Crippen molar-refractivity contribution < 1.29 is 9.59 Å². The minimum atomic E-state index is 0.0461. The average Bonchev–Trinajstić information content (AvgIpc) is 3.15. The zero-order valence-electron chi connectivity index (χ0n) is 19.6. The lowest BCUT2D eigenvalue weighted by atomic mass is 10.1. The summed E-state index contributed by atoms with van der Waals surface area (Å²) >= 11 is 0. The van der Waals surface area contributed by atoms with Crippen LogP contribution in [-0.2, 0) is 17.8 Å². The molecule has 5 nitrogen and oxygen atoms in total. The number of carbonyl (C=O) groups excluding carboxylic acids is 2. The molecule has 2 amide bonds. The van der Waals surface area contributed by atoms with E-state index < -0.39 is 0 Å². The van der Waals surface area contributed by atoms with Gasteiger partial charge in [-0.15, -0.1) is 0 Å². The number of para-hydroxylation sites is 1.